The molecule has 0 saturated carbocycles. The van der Waals surface area contributed by atoms with Crippen molar-refractivity contribution in [3.8, 4) is 0 Å². The van der Waals surface area contributed by atoms with E-state index in [1.807, 2.05) is 13.8 Å². The van der Waals surface area contributed by atoms with Gasteiger partial charge in [0.05, 0.1) is 24.6 Å². The Balaban J connectivity index is 1.78. The van der Waals surface area contributed by atoms with E-state index in [4.69, 9.17) is 4.74 Å². The summed E-state index contributed by atoms with van der Waals surface area (Å²) in [5.41, 5.74) is 0.319. The number of pyridine rings is 1. The molecule has 4 rings (SSSR count). The molecule has 0 aliphatic carbocycles. The zero-order valence-corrected chi connectivity index (χ0v) is 17.8. The highest BCUT2D eigenvalue weighted by molar-refractivity contribution is 5.91. The lowest BCUT2D eigenvalue weighted by atomic mass is 9.95. The van der Waals surface area contributed by atoms with Crippen molar-refractivity contribution in [1.82, 2.24) is 9.88 Å². The van der Waals surface area contributed by atoms with Gasteiger partial charge in [0, 0.05) is 35.6 Å². The number of carbonyl (C=O) groups excluding carboxylic acids is 1. The molecule has 1 aliphatic heterocycles. The first-order valence-corrected chi connectivity index (χ1v) is 10.3. The second-order valence-corrected chi connectivity index (χ2v) is 8.30. The van der Waals surface area contributed by atoms with Gasteiger partial charge in [-0.1, -0.05) is 19.9 Å². The van der Waals surface area contributed by atoms with E-state index in [-0.39, 0.29) is 36.8 Å². The van der Waals surface area contributed by atoms with Crippen LogP contribution >= 0.6 is 0 Å². The number of H-pyrrole nitrogens is 1. The summed E-state index contributed by atoms with van der Waals surface area (Å²) >= 11 is 0. The molecular weight excluding hydrogens is 442 g/mol. The van der Waals surface area contributed by atoms with Crippen LogP contribution in [0, 0.1) is 29.2 Å². The Hall–Kier alpha value is -3.40. The maximum Gasteiger partial charge on any atom is 0.322 e. The molecule has 0 unspecified atom stereocenters. The van der Waals surface area contributed by atoms with Crippen molar-refractivity contribution in [2.24, 2.45) is 5.92 Å². The van der Waals surface area contributed by atoms with Gasteiger partial charge in [0.1, 0.15) is 5.82 Å². The maximum atomic E-state index is 13.8. The molecule has 174 valence electrons. The van der Waals surface area contributed by atoms with Crippen molar-refractivity contribution in [3.63, 3.8) is 0 Å². The minimum Gasteiger partial charge on any atom is -0.373 e. The fourth-order valence-electron chi connectivity index (χ4n) is 4.04. The minimum atomic E-state index is -1.63. The highest BCUT2D eigenvalue weighted by Crippen LogP contribution is 2.34. The van der Waals surface area contributed by atoms with Gasteiger partial charge in [0.25, 0.3) is 5.56 Å². The van der Waals surface area contributed by atoms with Crippen molar-refractivity contribution in [2.45, 2.75) is 26.5 Å². The third-order valence-electron chi connectivity index (χ3n) is 5.40. The third kappa shape index (κ3) is 4.43. The summed E-state index contributed by atoms with van der Waals surface area (Å²) in [5, 5.41) is 3.01. The lowest BCUT2D eigenvalue weighted by Crippen LogP contribution is -2.44. The molecule has 0 radical (unpaired) electrons. The number of anilines is 1. The molecule has 10 heteroatoms. The summed E-state index contributed by atoms with van der Waals surface area (Å²) < 4.78 is 60.0. The van der Waals surface area contributed by atoms with E-state index < -0.39 is 40.9 Å². The van der Waals surface area contributed by atoms with Crippen LogP contribution in [0.15, 0.2) is 35.1 Å². The molecule has 2 amide bonds. The molecule has 2 aromatic carbocycles. The van der Waals surface area contributed by atoms with Gasteiger partial charge < -0.3 is 19.9 Å². The summed E-state index contributed by atoms with van der Waals surface area (Å²) in [7, 11) is 0. The maximum absolute atomic E-state index is 13.8. The number of aromatic nitrogens is 1. The van der Waals surface area contributed by atoms with Crippen LogP contribution in [0.3, 0.4) is 0 Å². The van der Waals surface area contributed by atoms with E-state index in [1.165, 1.54) is 17.0 Å². The van der Waals surface area contributed by atoms with Crippen LogP contribution in [-0.4, -0.2) is 29.1 Å². The van der Waals surface area contributed by atoms with Gasteiger partial charge in [-0.2, -0.15) is 0 Å². The van der Waals surface area contributed by atoms with Gasteiger partial charge in [-0.25, -0.2) is 22.4 Å². The predicted molar refractivity (Wildman–Crippen MR) is 114 cm³/mol. The molecule has 2 N–H and O–H groups in total. The number of amides is 2. The highest BCUT2D eigenvalue weighted by atomic mass is 19.2. The van der Waals surface area contributed by atoms with Crippen LogP contribution in [0.4, 0.5) is 28.0 Å². The zero-order valence-electron chi connectivity index (χ0n) is 17.8. The number of benzene rings is 2. The normalized spacial score (nSPS) is 15.5. The topological polar surface area (TPSA) is 74.4 Å². The van der Waals surface area contributed by atoms with E-state index in [1.54, 1.807) is 0 Å². The predicted octanol–water partition coefficient (Wildman–Crippen LogP) is 4.85. The van der Waals surface area contributed by atoms with E-state index in [9.17, 15) is 27.2 Å². The number of ether oxygens (including phenoxy) is 1. The van der Waals surface area contributed by atoms with Gasteiger partial charge in [-0.15, -0.1) is 0 Å². The van der Waals surface area contributed by atoms with Crippen LogP contribution in [-0.2, 0) is 11.3 Å². The molecule has 1 aliphatic rings. The molecule has 0 spiro atoms. The Morgan fingerprint density at radius 1 is 1.15 bits per heavy atom. The molecule has 6 nitrogen and oxygen atoms in total. The molecule has 0 bridgehead atoms. The van der Waals surface area contributed by atoms with Crippen LogP contribution < -0.4 is 10.9 Å². The van der Waals surface area contributed by atoms with Crippen molar-refractivity contribution in [2.75, 3.05) is 18.5 Å². The van der Waals surface area contributed by atoms with E-state index >= 15 is 0 Å². The monoisotopic (exact) mass is 463 g/mol. The second-order valence-electron chi connectivity index (χ2n) is 8.30. The van der Waals surface area contributed by atoms with Gasteiger partial charge in [0.15, 0.2) is 17.5 Å². The molecule has 0 saturated heterocycles. The number of fused-ring (bicyclic) bond motifs is 3. The van der Waals surface area contributed by atoms with Crippen molar-refractivity contribution in [1.29, 1.82) is 0 Å². The van der Waals surface area contributed by atoms with E-state index in [0.29, 0.717) is 28.8 Å². The van der Waals surface area contributed by atoms with E-state index in [2.05, 4.69) is 10.3 Å². The molecular formula is C23H21F4N3O3. The van der Waals surface area contributed by atoms with Gasteiger partial charge >= 0.3 is 6.03 Å². The standard InChI is InChI=1S/C23H21F4N3O3/c1-11(2)8-30(23(32)28-13-6-16(25)21(27)17(26)7-13)19-10-33-9-18-20(19)14-4-3-12(24)5-15(14)22(31)29-18/h3-7,11,19H,8-10H2,1-2H3,(H,28,32)(H,29,31)/t19-/m1/s1. The average molecular weight is 463 g/mol. The first kappa shape index (κ1) is 22.8. The van der Waals surface area contributed by atoms with Crippen LogP contribution in [0.2, 0.25) is 0 Å². The minimum absolute atomic E-state index is 0.00529. The van der Waals surface area contributed by atoms with Gasteiger partial charge in [-0.3, -0.25) is 4.79 Å². The summed E-state index contributed by atoms with van der Waals surface area (Å²) in [5.74, 6) is -5.08. The Kier molecular flexibility index (Phi) is 6.11. The third-order valence-corrected chi connectivity index (χ3v) is 5.40. The Labute approximate surface area is 186 Å². The average Bonchev–Trinajstić information content (AvgIpc) is 2.75. The number of nitrogens with zero attached hydrogens (tertiary/aromatic N) is 1. The van der Waals surface area contributed by atoms with Crippen molar-refractivity contribution >= 4 is 22.5 Å². The van der Waals surface area contributed by atoms with E-state index in [0.717, 1.165) is 6.07 Å². The zero-order chi connectivity index (χ0) is 23.9. The summed E-state index contributed by atoms with van der Waals surface area (Å²) in [6.45, 7) is 4.16. The van der Waals surface area contributed by atoms with Crippen LogP contribution in [0.5, 0.6) is 0 Å². The number of hydrogen-bond donors (Lipinski definition) is 2. The summed E-state index contributed by atoms with van der Waals surface area (Å²) in [6, 6.07) is 3.82. The number of nitrogens with one attached hydrogen (secondary N) is 2. The number of hydrogen-bond acceptors (Lipinski definition) is 3. The molecule has 0 fully saturated rings. The lowest BCUT2D eigenvalue weighted by Gasteiger charge is -2.37. The summed E-state index contributed by atoms with van der Waals surface area (Å²) in [6.07, 6.45) is 0. The van der Waals surface area contributed by atoms with Crippen molar-refractivity contribution < 1.29 is 27.1 Å². The number of urea groups is 1. The molecule has 1 atom stereocenters. The number of carbonyl (C=O) groups is 1. The molecule has 1 aromatic heterocycles. The van der Waals surface area contributed by atoms with Gasteiger partial charge in [-0.05, 0) is 23.4 Å². The fourth-order valence-corrected chi connectivity index (χ4v) is 4.04. The largest absolute Gasteiger partial charge is 0.373 e. The molecule has 33 heavy (non-hydrogen) atoms. The number of rotatable bonds is 4. The van der Waals surface area contributed by atoms with Crippen LogP contribution in [0.1, 0.15) is 31.1 Å². The first-order chi connectivity index (χ1) is 15.7. The Bertz CT molecular complexity index is 1270. The smallest absolute Gasteiger partial charge is 0.322 e. The second kappa shape index (κ2) is 8.86. The SMILES string of the molecule is CC(C)CN(C(=O)Nc1cc(F)c(F)c(F)c1)[C@@H]1COCc2[nH]c(=O)c3cc(F)ccc3c21. The Morgan fingerprint density at radius 2 is 1.85 bits per heavy atom. The molecule has 3 aromatic rings. The first-order valence-electron chi connectivity index (χ1n) is 10.3. The molecule has 2 heterocycles. The van der Waals surface area contributed by atoms with Gasteiger partial charge in [0.2, 0.25) is 0 Å². The number of aromatic amines is 1. The van der Waals surface area contributed by atoms with Crippen LogP contribution in [0.25, 0.3) is 10.8 Å². The fraction of sp³-hybridized carbons (Fsp3) is 0.304. The lowest BCUT2D eigenvalue weighted by molar-refractivity contribution is 0.0425. The summed E-state index contributed by atoms with van der Waals surface area (Å²) in [4.78, 5) is 29.8. The number of halogens is 4. The highest BCUT2D eigenvalue weighted by Gasteiger charge is 2.33. The quantitative estimate of drug-likeness (QED) is 0.429. The Morgan fingerprint density at radius 3 is 2.52 bits per heavy atom. The van der Waals surface area contributed by atoms with Crippen molar-refractivity contribution in [3.05, 3.63) is 75.2 Å².